The molecule has 26 heavy (non-hydrogen) atoms. The maximum absolute atomic E-state index is 12.7. The summed E-state index contributed by atoms with van der Waals surface area (Å²) in [5.74, 6) is 1.45. The SMILES string of the molecule is NC1CCN(C(=O)C2CN(c3c4c(nc5ccnn35)CCNCC4)C2)C1. The molecule has 0 aliphatic carbocycles. The summed E-state index contributed by atoms with van der Waals surface area (Å²) in [5, 5.41) is 7.95. The van der Waals surface area contributed by atoms with E-state index in [1.54, 1.807) is 6.20 Å². The molecule has 3 aliphatic rings. The number of fused-ring (bicyclic) bond motifs is 2. The van der Waals surface area contributed by atoms with E-state index >= 15 is 0 Å². The van der Waals surface area contributed by atoms with E-state index in [0.717, 1.165) is 63.5 Å². The molecule has 0 aromatic carbocycles. The summed E-state index contributed by atoms with van der Waals surface area (Å²) in [5.41, 5.74) is 9.29. The minimum atomic E-state index is 0.0682. The summed E-state index contributed by atoms with van der Waals surface area (Å²) in [6.45, 7) is 4.93. The van der Waals surface area contributed by atoms with Crippen LogP contribution in [0.2, 0.25) is 0 Å². The third-order valence-electron chi connectivity index (χ3n) is 5.85. The van der Waals surface area contributed by atoms with E-state index in [1.165, 1.54) is 11.3 Å². The molecule has 3 aliphatic heterocycles. The van der Waals surface area contributed by atoms with Gasteiger partial charge in [0, 0.05) is 56.8 Å². The van der Waals surface area contributed by atoms with E-state index in [9.17, 15) is 4.79 Å². The van der Waals surface area contributed by atoms with Crippen LogP contribution in [-0.2, 0) is 17.6 Å². The second-order valence-electron chi connectivity index (χ2n) is 7.65. The molecule has 5 heterocycles. The van der Waals surface area contributed by atoms with Crippen molar-refractivity contribution in [2.75, 3.05) is 44.2 Å². The first-order chi connectivity index (χ1) is 12.7. The van der Waals surface area contributed by atoms with E-state index in [2.05, 4.69) is 15.3 Å². The van der Waals surface area contributed by atoms with Crippen molar-refractivity contribution < 1.29 is 4.79 Å². The molecule has 0 radical (unpaired) electrons. The third kappa shape index (κ3) is 2.55. The van der Waals surface area contributed by atoms with Crippen molar-refractivity contribution in [1.82, 2.24) is 24.8 Å². The summed E-state index contributed by atoms with van der Waals surface area (Å²) in [4.78, 5) is 21.7. The number of nitrogens with two attached hydrogens (primary N) is 1. The second-order valence-corrected chi connectivity index (χ2v) is 7.65. The highest BCUT2D eigenvalue weighted by Crippen LogP contribution is 2.32. The van der Waals surface area contributed by atoms with Gasteiger partial charge in [0.25, 0.3) is 0 Å². The van der Waals surface area contributed by atoms with Crippen LogP contribution in [-0.4, -0.2) is 70.7 Å². The smallest absolute Gasteiger partial charge is 0.229 e. The fraction of sp³-hybridized carbons (Fsp3) is 0.611. The Kier molecular flexibility index (Phi) is 3.82. The van der Waals surface area contributed by atoms with Gasteiger partial charge in [0.1, 0.15) is 5.82 Å². The average Bonchev–Trinajstić information content (AvgIpc) is 3.16. The molecule has 5 rings (SSSR count). The average molecular weight is 355 g/mol. The van der Waals surface area contributed by atoms with Crippen molar-refractivity contribution >= 4 is 17.4 Å². The zero-order chi connectivity index (χ0) is 17.7. The summed E-state index contributed by atoms with van der Waals surface area (Å²) in [6.07, 6.45) is 4.60. The van der Waals surface area contributed by atoms with Crippen molar-refractivity contribution in [2.24, 2.45) is 11.7 Å². The van der Waals surface area contributed by atoms with E-state index in [-0.39, 0.29) is 17.9 Å². The number of carbonyl (C=O) groups is 1. The van der Waals surface area contributed by atoms with Gasteiger partial charge < -0.3 is 20.9 Å². The molecular formula is C18H25N7O. The molecule has 1 amide bonds. The summed E-state index contributed by atoms with van der Waals surface area (Å²) < 4.78 is 1.94. The molecule has 0 saturated carbocycles. The van der Waals surface area contributed by atoms with E-state index in [0.29, 0.717) is 6.54 Å². The van der Waals surface area contributed by atoms with Crippen LogP contribution in [0, 0.1) is 5.92 Å². The molecule has 3 N–H and O–H groups in total. The Hall–Kier alpha value is -2.19. The predicted molar refractivity (Wildman–Crippen MR) is 98.1 cm³/mol. The zero-order valence-electron chi connectivity index (χ0n) is 14.9. The Balaban J connectivity index is 1.41. The van der Waals surface area contributed by atoms with E-state index < -0.39 is 0 Å². The van der Waals surface area contributed by atoms with Crippen LogP contribution in [0.5, 0.6) is 0 Å². The van der Waals surface area contributed by atoms with Gasteiger partial charge in [0.15, 0.2) is 5.65 Å². The highest BCUT2D eigenvalue weighted by atomic mass is 16.2. The number of hydrogen-bond acceptors (Lipinski definition) is 6. The fourth-order valence-corrected chi connectivity index (χ4v) is 4.39. The van der Waals surface area contributed by atoms with Crippen molar-refractivity contribution in [2.45, 2.75) is 25.3 Å². The quantitative estimate of drug-likeness (QED) is 0.748. The summed E-state index contributed by atoms with van der Waals surface area (Å²) in [6, 6.07) is 2.10. The molecule has 1 unspecified atom stereocenters. The number of nitrogens with zero attached hydrogens (tertiary/aromatic N) is 5. The number of amides is 1. The number of carbonyl (C=O) groups excluding carboxylic acids is 1. The maximum atomic E-state index is 12.7. The van der Waals surface area contributed by atoms with Crippen LogP contribution >= 0.6 is 0 Å². The highest BCUT2D eigenvalue weighted by Gasteiger charge is 2.39. The lowest BCUT2D eigenvalue weighted by Gasteiger charge is -2.42. The second kappa shape index (κ2) is 6.21. The van der Waals surface area contributed by atoms with E-state index in [4.69, 9.17) is 10.7 Å². The van der Waals surface area contributed by atoms with Crippen molar-refractivity contribution in [3.8, 4) is 0 Å². The van der Waals surface area contributed by atoms with Crippen LogP contribution < -0.4 is 16.0 Å². The maximum Gasteiger partial charge on any atom is 0.229 e. The standard InChI is InChI=1S/C18H25N7O/c19-13-4-8-23(11-13)18(26)12-9-24(10-12)17-14-1-5-20-6-2-15(14)22-16-3-7-21-25(16)17/h3,7,12-13,20H,1-2,4-6,8-11,19H2. The lowest BCUT2D eigenvalue weighted by atomic mass is 9.97. The van der Waals surface area contributed by atoms with Gasteiger partial charge in [-0.3, -0.25) is 4.79 Å². The Labute approximate surface area is 152 Å². The van der Waals surface area contributed by atoms with Gasteiger partial charge >= 0.3 is 0 Å². The summed E-state index contributed by atoms with van der Waals surface area (Å²) >= 11 is 0. The van der Waals surface area contributed by atoms with Crippen molar-refractivity contribution in [1.29, 1.82) is 0 Å². The Morgan fingerprint density at radius 3 is 2.88 bits per heavy atom. The number of anilines is 1. The molecule has 2 aromatic heterocycles. The van der Waals surface area contributed by atoms with Gasteiger partial charge in [-0.2, -0.15) is 9.61 Å². The lowest BCUT2D eigenvalue weighted by molar-refractivity contribution is -0.135. The Morgan fingerprint density at radius 1 is 1.23 bits per heavy atom. The molecule has 2 aromatic rings. The molecule has 1 atom stereocenters. The Bertz CT molecular complexity index is 841. The molecule has 8 heteroatoms. The van der Waals surface area contributed by atoms with Gasteiger partial charge in [-0.15, -0.1) is 0 Å². The number of nitrogens with one attached hydrogen (secondary N) is 1. The van der Waals surface area contributed by atoms with Crippen LogP contribution in [0.1, 0.15) is 17.7 Å². The zero-order valence-corrected chi connectivity index (χ0v) is 14.9. The van der Waals surface area contributed by atoms with Crippen molar-refractivity contribution in [3.63, 3.8) is 0 Å². The Morgan fingerprint density at radius 2 is 2.08 bits per heavy atom. The topological polar surface area (TPSA) is 91.8 Å². The molecule has 138 valence electrons. The largest absolute Gasteiger partial charge is 0.354 e. The minimum Gasteiger partial charge on any atom is -0.354 e. The number of hydrogen-bond donors (Lipinski definition) is 2. The van der Waals surface area contributed by atoms with Gasteiger partial charge in [0.2, 0.25) is 5.91 Å². The fourth-order valence-electron chi connectivity index (χ4n) is 4.39. The first kappa shape index (κ1) is 16.0. The third-order valence-corrected chi connectivity index (χ3v) is 5.85. The van der Waals surface area contributed by atoms with Crippen LogP contribution in [0.15, 0.2) is 12.3 Å². The monoisotopic (exact) mass is 355 g/mol. The number of rotatable bonds is 2. The first-order valence-electron chi connectivity index (χ1n) is 9.56. The van der Waals surface area contributed by atoms with Crippen LogP contribution in [0.25, 0.3) is 5.65 Å². The molecular weight excluding hydrogens is 330 g/mol. The predicted octanol–water partition coefficient (Wildman–Crippen LogP) is -0.587. The minimum absolute atomic E-state index is 0.0682. The molecule has 0 bridgehead atoms. The van der Waals surface area contributed by atoms with Gasteiger partial charge in [-0.1, -0.05) is 0 Å². The normalized spacial score (nSPS) is 23.8. The van der Waals surface area contributed by atoms with Crippen LogP contribution in [0.4, 0.5) is 5.82 Å². The molecule has 8 nitrogen and oxygen atoms in total. The van der Waals surface area contributed by atoms with Gasteiger partial charge in [0.05, 0.1) is 17.8 Å². The van der Waals surface area contributed by atoms with Crippen LogP contribution in [0.3, 0.4) is 0 Å². The molecule has 2 fully saturated rings. The first-order valence-corrected chi connectivity index (χ1v) is 9.56. The lowest BCUT2D eigenvalue weighted by Crippen LogP contribution is -2.55. The molecule has 2 saturated heterocycles. The van der Waals surface area contributed by atoms with Gasteiger partial charge in [-0.25, -0.2) is 4.98 Å². The highest BCUT2D eigenvalue weighted by molar-refractivity contribution is 5.82. The summed E-state index contributed by atoms with van der Waals surface area (Å²) in [7, 11) is 0. The number of likely N-dealkylation sites (tertiary alicyclic amines) is 1. The number of aromatic nitrogens is 3. The molecule has 0 spiro atoms. The van der Waals surface area contributed by atoms with E-state index in [1.807, 2.05) is 15.5 Å². The van der Waals surface area contributed by atoms with Crippen molar-refractivity contribution in [3.05, 3.63) is 23.5 Å². The van der Waals surface area contributed by atoms with Gasteiger partial charge in [-0.05, 0) is 19.4 Å².